The van der Waals surface area contributed by atoms with Crippen molar-refractivity contribution in [1.29, 1.82) is 5.26 Å². The Labute approximate surface area is 145 Å². The lowest BCUT2D eigenvalue weighted by atomic mass is 9.85. The van der Waals surface area contributed by atoms with Gasteiger partial charge in [-0.05, 0) is 30.4 Å². The summed E-state index contributed by atoms with van der Waals surface area (Å²) in [5.41, 5.74) is -0.458. The number of carbonyl (C=O) groups excluding carboxylic acids is 1. The highest BCUT2D eigenvalue weighted by atomic mass is 19.1. The molecule has 0 aliphatic heterocycles. The molecule has 0 radical (unpaired) electrons. The van der Waals surface area contributed by atoms with Crippen molar-refractivity contribution in [1.82, 2.24) is 5.32 Å². The van der Waals surface area contributed by atoms with E-state index in [0.29, 0.717) is 5.56 Å². The Morgan fingerprint density at radius 2 is 1.88 bits per heavy atom. The largest absolute Gasteiger partial charge is 0.384 e. The van der Waals surface area contributed by atoms with E-state index >= 15 is 0 Å². The van der Waals surface area contributed by atoms with Gasteiger partial charge in [-0.15, -0.1) is 0 Å². The molecule has 5 heteroatoms. The zero-order chi connectivity index (χ0) is 17.9. The Kier molecular flexibility index (Phi) is 4.82. The zero-order valence-corrected chi connectivity index (χ0v) is 13.7. The highest BCUT2D eigenvalue weighted by molar-refractivity contribution is 5.78. The van der Waals surface area contributed by atoms with Crippen LogP contribution in [0, 0.1) is 23.1 Å². The standard InChI is InChI=1S/C20H19FN2O2/c21-17-9-5-4-8-16(17)18(13-22)23-19(24)12-20(25,15-10-11-15)14-6-2-1-3-7-14/h1-9,15,18,25H,10-12H2,(H,23,24)/t18-,20-/m0/s1. The minimum atomic E-state index is -1.26. The normalized spacial score (nSPS) is 17.2. The fourth-order valence-corrected chi connectivity index (χ4v) is 3.12. The molecule has 2 atom stereocenters. The average Bonchev–Trinajstić information content (AvgIpc) is 3.46. The highest BCUT2D eigenvalue weighted by Gasteiger charge is 2.46. The number of carbonyl (C=O) groups is 1. The molecule has 2 aromatic rings. The van der Waals surface area contributed by atoms with E-state index in [1.165, 1.54) is 18.2 Å². The third-order valence-corrected chi connectivity index (χ3v) is 4.61. The Balaban J connectivity index is 1.76. The molecule has 0 spiro atoms. The smallest absolute Gasteiger partial charge is 0.224 e. The second kappa shape index (κ2) is 7.04. The lowest BCUT2D eigenvalue weighted by Crippen LogP contribution is -2.38. The van der Waals surface area contributed by atoms with E-state index in [-0.39, 0.29) is 17.9 Å². The van der Waals surface area contributed by atoms with Gasteiger partial charge in [0, 0.05) is 5.56 Å². The van der Waals surface area contributed by atoms with Gasteiger partial charge >= 0.3 is 0 Å². The summed E-state index contributed by atoms with van der Waals surface area (Å²) in [6, 6.07) is 15.7. The van der Waals surface area contributed by atoms with E-state index in [2.05, 4.69) is 5.32 Å². The van der Waals surface area contributed by atoms with E-state index in [1.54, 1.807) is 18.2 Å². The first-order valence-electron chi connectivity index (χ1n) is 8.26. The maximum absolute atomic E-state index is 13.9. The second-order valence-electron chi connectivity index (χ2n) is 6.39. The quantitative estimate of drug-likeness (QED) is 0.849. The molecule has 0 heterocycles. The number of benzene rings is 2. The number of nitrogens with one attached hydrogen (secondary N) is 1. The lowest BCUT2D eigenvalue weighted by molar-refractivity contribution is -0.128. The van der Waals surface area contributed by atoms with Crippen LogP contribution in [0.25, 0.3) is 0 Å². The third kappa shape index (κ3) is 3.70. The number of rotatable bonds is 6. The number of halogens is 1. The molecular formula is C20H19FN2O2. The van der Waals surface area contributed by atoms with Crippen LogP contribution in [0.4, 0.5) is 4.39 Å². The Morgan fingerprint density at radius 1 is 1.24 bits per heavy atom. The molecule has 1 amide bonds. The van der Waals surface area contributed by atoms with Crippen LogP contribution in [-0.4, -0.2) is 11.0 Å². The van der Waals surface area contributed by atoms with E-state index in [1.807, 2.05) is 24.3 Å². The van der Waals surface area contributed by atoms with Gasteiger partial charge in [-0.1, -0.05) is 48.5 Å². The predicted octanol–water partition coefficient (Wildman–Crippen LogP) is 3.19. The minimum absolute atomic E-state index is 0.0228. The maximum Gasteiger partial charge on any atom is 0.224 e. The van der Waals surface area contributed by atoms with Crippen molar-refractivity contribution >= 4 is 5.91 Å². The van der Waals surface area contributed by atoms with Crippen molar-refractivity contribution in [2.45, 2.75) is 30.9 Å². The predicted molar refractivity (Wildman–Crippen MR) is 90.6 cm³/mol. The number of hydrogen-bond acceptors (Lipinski definition) is 3. The molecule has 0 unspecified atom stereocenters. The molecule has 25 heavy (non-hydrogen) atoms. The molecule has 1 saturated carbocycles. The number of nitrogens with zero attached hydrogens (tertiary/aromatic N) is 1. The number of aliphatic hydroxyl groups is 1. The molecule has 128 valence electrons. The van der Waals surface area contributed by atoms with Crippen LogP contribution in [0.2, 0.25) is 0 Å². The maximum atomic E-state index is 13.9. The van der Waals surface area contributed by atoms with Gasteiger partial charge in [-0.3, -0.25) is 4.79 Å². The first-order valence-corrected chi connectivity index (χ1v) is 8.26. The average molecular weight is 338 g/mol. The molecule has 2 aromatic carbocycles. The van der Waals surface area contributed by atoms with Gasteiger partial charge in [0.15, 0.2) is 0 Å². The van der Waals surface area contributed by atoms with Crippen molar-refractivity contribution in [2.75, 3.05) is 0 Å². The molecule has 1 aliphatic rings. The summed E-state index contributed by atoms with van der Waals surface area (Å²) in [7, 11) is 0. The SMILES string of the molecule is N#C[C@H](NC(=O)C[C@](O)(c1ccccc1)C1CC1)c1ccccc1F. The van der Waals surface area contributed by atoms with E-state index < -0.39 is 23.4 Å². The molecule has 0 aromatic heterocycles. The van der Waals surface area contributed by atoms with Gasteiger partial charge in [0.25, 0.3) is 0 Å². The van der Waals surface area contributed by atoms with Crippen molar-refractivity contribution in [2.24, 2.45) is 5.92 Å². The summed E-state index contributed by atoms with van der Waals surface area (Å²) in [5, 5.41) is 22.9. The molecule has 1 fully saturated rings. The fraction of sp³-hybridized carbons (Fsp3) is 0.300. The van der Waals surface area contributed by atoms with E-state index in [9.17, 15) is 19.6 Å². The van der Waals surface area contributed by atoms with Crippen molar-refractivity contribution in [3.63, 3.8) is 0 Å². The molecule has 0 bridgehead atoms. The van der Waals surface area contributed by atoms with Crippen LogP contribution in [0.5, 0.6) is 0 Å². The Hall–Kier alpha value is -2.71. The topological polar surface area (TPSA) is 73.1 Å². The second-order valence-corrected chi connectivity index (χ2v) is 6.39. The first-order chi connectivity index (χ1) is 12.0. The minimum Gasteiger partial charge on any atom is -0.384 e. The van der Waals surface area contributed by atoms with E-state index in [0.717, 1.165) is 12.8 Å². The van der Waals surface area contributed by atoms with E-state index in [4.69, 9.17) is 0 Å². The molecular weight excluding hydrogens is 319 g/mol. The van der Waals surface area contributed by atoms with Crippen LogP contribution < -0.4 is 5.32 Å². The van der Waals surface area contributed by atoms with Gasteiger partial charge in [0.1, 0.15) is 17.5 Å². The van der Waals surface area contributed by atoms with Crippen molar-refractivity contribution in [3.05, 3.63) is 71.5 Å². The number of nitriles is 1. The number of hydrogen-bond donors (Lipinski definition) is 2. The van der Waals surface area contributed by atoms with Crippen molar-refractivity contribution in [3.8, 4) is 6.07 Å². The first kappa shape index (κ1) is 17.1. The summed E-state index contributed by atoms with van der Waals surface area (Å²) in [6.45, 7) is 0. The Morgan fingerprint density at radius 3 is 2.48 bits per heavy atom. The molecule has 1 aliphatic carbocycles. The third-order valence-electron chi connectivity index (χ3n) is 4.61. The van der Waals surface area contributed by atoms with Crippen LogP contribution in [0.15, 0.2) is 54.6 Å². The number of amides is 1. The van der Waals surface area contributed by atoms with Gasteiger partial charge < -0.3 is 10.4 Å². The Bertz CT molecular complexity index is 799. The van der Waals surface area contributed by atoms with Crippen molar-refractivity contribution < 1.29 is 14.3 Å². The molecule has 2 N–H and O–H groups in total. The van der Waals surface area contributed by atoms with Crippen LogP contribution in [-0.2, 0) is 10.4 Å². The summed E-state index contributed by atoms with van der Waals surface area (Å²) in [6.07, 6.45) is 1.55. The molecule has 0 saturated heterocycles. The van der Waals surface area contributed by atoms with Gasteiger partial charge in [0.05, 0.1) is 12.5 Å². The summed E-state index contributed by atoms with van der Waals surface area (Å²) < 4.78 is 13.9. The molecule has 3 rings (SSSR count). The van der Waals surface area contributed by atoms with Crippen LogP contribution >= 0.6 is 0 Å². The monoisotopic (exact) mass is 338 g/mol. The van der Waals surface area contributed by atoms with Crippen LogP contribution in [0.3, 0.4) is 0 Å². The molecule has 4 nitrogen and oxygen atoms in total. The zero-order valence-electron chi connectivity index (χ0n) is 13.7. The van der Waals surface area contributed by atoms with Gasteiger partial charge in [-0.25, -0.2) is 4.39 Å². The summed E-state index contributed by atoms with van der Waals surface area (Å²) in [5.74, 6) is -1.00. The summed E-state index contributed by atoms with van der Waals surface area (Å²) >= 11 is 0. The fourth-order valence-electron chi connectivity index (χ4n) is 3.12. The van der Waals surface area contributed by atoms with Crippen LogP contribution in [0.1, 0.15) is 36.4 Å². The van der Waals surface area contributed by atoms with Gasteiger partial charge in [0.2, 0.25) is 5.91 Å². The van der Waals surface area contributed by atoms with Gasteiger partial charge in [-0.2, -0.15) is 5.26 Å². The lowest BCUT2D eigenvalue weighted by Gasteiger charge is -2.28. The summed E-state index contributed by atoms with van der Waals surface area (Å²) in [4.78, 5) is 12.5. The highest BCUT2D eigenvalue weighted by Crippen LogP contribution is 2.47.